The van der Waals surface area contributed by atoms with Crippen molar-refractivity contribution in [1.82, 2.24) is 0 Å². The van der Waals surface area contributed by atoms with Crippen molar-refractivity contribution in [2.45, 2.75) is 92.2 Å². The first-order chi connectivity index (χ1) is 28.9. The topological polar surface area (TPSA) is 678 Å². The predicted octanol–water partition coefficient (Wildman–Crippen LogP) is -14.3. The summed E-state index contributed by atoms with van der Waals surface area (Å²) in [6, 6.07) is 0. The molecule has 35 nitrogen and oxygen atoms in total. The van der Waals surface area contributed by atoms with Gasteiger partial charge in [-0.3, -0.25) is 28.8 Å². The quantitative estimate of drug-likeness (QED) is 0.0378. The minimum Gasteiger partial charge on any atom is -0.550 e. The number of hydrogen-bond acceptors (Lipinski definition) is 26. The zero-order valence-electron chi connectivity index (χ0n) is 34.0. The van der Waals surface area contributed by atoms with Crippen LogP contribution in [0.5, 0.6) is 0 Å². The van der Waals surface area contributed by atoms with Crippen LogP contribution in [0.15, 0.2) is 0 Å². The van der Waals surface area contributed by atoms with Gasteiger partial charge in [0, 0.05) is 49.6 Å². The Morgan fingerprint density at radius 1 is 0.250 bits per heavy atom. The smallest absolute Gasteiger partial charge is 0.550 e. The summed E-state index contributed by atoms with van der Waals surface area (Å²) in [5.41, 5.74) is -14.2. The van der Waals surface area contributed by atoms with Gasteiger partial charge in [-0.05, 0) is 0 Å². The second kappa shape index (κ2) is 34.9. The number of carbonyl (C=O) groups is 15. The number of carboxylic acids is 15. The van der Waals surface area contributed by atoms with E-state index in [1.54, 1.807) is 0 Å². The van der Waals surface area contributed by atoms with E-state index in [1.165, 1.54) is 0 Å². The Kier molecular flexibility index (Phi) is 40.5. The number of aliphatic carboxylic acids is 15. The van der Waals surface area contributed by atoms with E-state index in [-0.39, 0.29) is 58.4 Å². The van der Waals surface area contributed by atoms with Gasteiger partial charge in [-0.1, -0.05) is 0 Å². The van der Waals surface area contributed by atoms with Gasteiger partial charge in [0.25, 0.3) is 0 Å². The Bertz CT molecular complexity index is 1460. The van der Waals surface area contributed by atoms with Gasteiger partial charge in [0.05, 0.1) is 50.5 Å². The van der Waals surface area contributed by atoms with Gasteiger partial charge in [-0.15, -0.1) is 0 Å². The third kappa shape index (κ3) is 37.9. The summed E-state index contributed by atoms with van der Waals surface area (Å²) in [6.07, 6.45) is -12.3. The maximum atomic E-state index is 10.3. The Morgan fingerprint density at radius 3 is 0.426 bits per heavy atom. The fourth-order valence-corrected chi connectivity index (χ4v) is 3.51. The Hall–Kier alpha value is -6.28. The molecule has 0 spiro atoms. The summed E-state index contributed by atoms with van der Waals surface area (Å²) in [6.45, 7) is 0. The Labute approximate surface area is 412 Å². The molecule has 0 bridgehead atoms. The maximum Gasteiger partial charge on any atom is 2.00 e. The summed E-state index contributed by atoms with van der Waals surface area (Å²) in [5.74, 6) is -27.0. The van der Waals surface area contributed by atoms with Crippen molar-refractivity contribution in [2.75, 3.05) is 0 Å². The Morgan fingerprint density at radius 2 is 0.368 bits per heavy atom. The van der Waals surface area contributed by atoms with E-state index in [0.29, 0.717) is 0 Å². The van der Waals surface area contributed by atoms with Crippen molar-refractivity contribution < 1.29 is 232 Å². The van der Waals surface area contributed by atoms with E-state index in [1.807, 2.05) is 0 Å². The van der Waals surface area contributed by atoms with E-state index < -0.39 is 182 Å². The minimum atomic E-state index is -2.97. The monoisotopic (exact) mass is 1150 g/mol. The number of carbonyl (C=O) groups excluding carboxylic acids is 6. The largest absolute Gasteiger partial charge is 2.00 e. The van der Waals surface area contributed by atoms with Gasteiger partial charge in [0.1, 0.15) is 11.2 Å². The molecule has 0 radical (unpaired) electrons. The third-order valence-electron chi connectivity index (χ3n) is 6.36. The molecular weight excluding hydrogens is 1120 g/mol. The van der Waals surface area contributed by atoms with Crippen LogP contribution in [0.25, 0.3) is 0 Å². The van der Waals surface area contributed by atoms with E-state index in [0.717, 1.165) is 0 Å². The molecule has 0 saturated heterocycles. The molecule has 0 fully saturated rings. The second-order valence-electron chi connectivity index (χ2n) is 12.3. The number of rotatable bonds is 25. The fraction of sp³-hybridized carbons (Fsp3) is 0.500. The van der Waals surface area contributed by atoms with E-state index in [4.69, 9.17) is 71.5 Å². The predicted molar refractivity (Wildman–Crippen MR) is 170 cm³/mol. The molecule has 0 aromatic heterocycles. The first-order valence-electron chi connectivity index (χ1n) is 15.7. The van der Waals surface area contributed by atoms with Crippen LogP contribution < -0.4 is 30.6 Å². The van der Waals surface area contributed by atoms with E-state index in [9.17, 15) is 103 Å². The van der Waals surface area contributed by atoms with Crippen molar-refractivity contribution in [3.05, 3.63) is 0 Å². The summed E-state index contributed by atoms with van der Waals surface area (Å²) >= 11 is 0. The molecule has 0 aliphatic carbocycles. The van der Waals surface area contributed by atoms with Crippen LogP contribution in [0.3, 0.4) is 0 Å². The van der Waals surface area contributed by atoms with Gasteiger partial charge in [0.2, 0.25) is 0 Å². The molecular formula is C30H34O35Zn3. The normalized spacial score (nSPS) is 10.4. The van der Waals surface area contributed by atoms with Crippen molar-refractivity contribution in [3.63, 3.8) is 0 Å². The first kappa shape index (κ1) is 78.9. The average Bonchev–Trinajstić information content (AvgIpc) is 3.01. The summed E-state index contributed by atoms with van der Waals surface area (Å²) in [4.78, 5) is 151. The molecule has 0 aliphatic heterocycles. The summed E-state index contributed by atoms with van der Waals surface area (Å²) < 4.78 is 0. The molecule has 0 rings (SSSR count). The zero-order chi connectivity index (χ0) is 53.2. The van der Waals surface area contributed by atoms with E-state index >= 15 is 0 Å². The molecule has 0 amide bonds. The van der Waals surface area contributed by atoms with Gasteiger partial charge < -0.3 is 131 Å². The van der Waals surface area contributed by atoms with Crippen LogP contribution in [0, 0.1) is 0 Å². The second-order valence-corrected chi connectivity index (χ2v) is 12.3. The van der Waals surface area contributed by atoms with E-state index in [2.05, 4.69) is 0 Å². The average molecular weight is 1150 g/mol. The standard InChI is InChI=1S/5C6H8O7.3Zn/c5*7-3(8)1-6(13,5(11)12)2-4(9)10;;;/h5*13H,1-2H2,(H,7,8)(H,9,10)(H,11,12);;;/q;;;;;3*+2/p-6. The number of aliphatic hydroxyl groups is 5. The van der Waals surface area contributed by atoms with Crippen molar-refractivity contribution in [3.8, 4) is 0 Å². The van der Waals surface area contributed by atoms with Gasteiger partial charge >= 0.3 is 112 Å². The molecule has 14 N–H and O–H groups in total. The molecule has 0 atom stereocenters. The zero-order valence-corrected chi connectivity index (χ0v) is 42.9. The van der Waals surface area contributed by atoms with Gasteiger partial charge in [-0.2, -0.15) is 0 Å². The van der Waals surface area contributed by atoms with Crippen LogP contribution in [-0.4, -0.2) is 189 Å². The van der Waals surface area contributed by atoms with Crippen LogP contribution in [-0.2, 0) is 130 Å². The van der Waals surface area contributed by atoms with Crippen molar-refractivity contribution in [1.29, 1.82) is 0 Å². The van der Waals surface area contributed by atoms with Gasteiger partial charge in [-0.25, -0.2) is 14.4 Å². The third-order valence-corrected chi connectivity index (χ3v) is 6.36. The number of carboxylic acid groups (broad SMARTS) is 15. The molecule has 0 aromatic rings. The van der Waals surface area contributed by atoms with Crippen LogP contribution in [0.4, 0.5) is 0 Å². The Balaban J connectivity index is -0.000000109. The van der Waals surface area contributed by atoms with Gasteiger partial charge in [0.15, 0.2) is 16.8 Å². The summed E-state index contributed by atoms with van der Waals surface area (Å²) in [5, 5.41) is 179. The first-order valence-corrected chi connectivity index (χ1v) is 15.7. The van der Waals surface area contributed by atoms with Crippen molar-refractivity contribution >= 4 is 89.5 Å². The minimum absolute atomic E-state index is 0. The maximum absolute atomic E-state index is 10.3. The van der Waals surface area contributed by atoms with Crippen molar-refractivity contribution in [2.24, 2.45) is 0 Å². The SMILES string of the molecule is O=C(O)CC(O)(CC(=O)O)C(=O)O.O=C(O)CC(O)(CC(=O)O)C(=O)O.O=C(O)CC(O)(CC(=O)O)C(=O)O.O=C([O-])CC(O)(CC(=O)[O-])C(=O)[O-].O=C([O-])CC(O)(CC(=O)[O-])C(=O)[O-].[Zn+2].[Zn+2].[Zn+2]. The number of hydrogen-bond donors (Lipinski definition) is 14. The molecule has 0 aliphatic rings. The fourth-order valence-electron chi connectivity index (χ4n) is 3.51. The molecule has 0 aromatic carbocycles. The molecule has 68 heavy (non-hydrogen) atoms. The summed E-state index contributed by atoms with van der Waals surface area (Å²) in [7, 11) is 0. The molecule has 370 valence electrons. The van der Waals surface area contributed by atoms with Crippen LogP contribution in [0.1, 0.15) is 64.2 Å². The van der Waals surface area contributed by atoms with Crippen LogP contribution in [0.2, 0.25) is 0 Å². The van der Waals surface area contributed by atoms with Crippen LogP contribution >= 0.6 is 0 Å². The molecule has 0 heterocycles. The molecule has 0 saturated carbocycles. The molecule has 0 unspecified atom stereocenters. The molecule has 38 heteroatoms.